The highest BCUT2D eigenvalue weighted by atomic mass is 79.9. The molecule has 0 spiro atoms. The molecule has 0 unspecified atom stereocenters. The zero-order valence-electron chi connectivity index (χ0n) is 9.26. The lowest BCUT2D eigenvalue weighted by atomic mass is 10.2. The summed E-state index contributed by atoms with van der Waals surface area (Å²) < 4.78 is 26.3. The summed E-state index contributed by atoms with van der Waals surface area (Å²) >= 11 is 3.06. The zero-order valence-corrected chi connectivity index (χ0v) is 11.7. The molecule has 0 heterocycles. The summed E-state index contributed by atoms with van der Waals surface area (Å²) in [5, 5.41) is 17.4. The third-order valence-corrected chi connectivity index (χ3v) is 4.55. The van der Waals surface area contributed by atoms with Gasteiger partial charge in [-0.15, -0.1) is 0 Å². The molecule has 0 atom stereocenters. The molecule has 0 aromatic heterocycles. The monoisotopic (exact) mass is 337 g/mol. The minimum Gasteiger partial charge on any atom is -0.478 e. The van der Waals surface area contributed by atoms with Gasteiger partial charge in [-0.25, -0.2) is 17.9 Å². The minimum atomic E-state index is -3.79. The van der Waals surface area contributed by atoms with E-state index in [0.29, 0.717) is 0 Å². The van der Waals surface area contributed by atoms with Crippen molar-refractivity contribution in [2.24, 2.45) is 0 Å². The van der Waals surface area contributed by atoms with E-state index in [4.69, 9.17) is 10.2 Å². The van der Waals surface area contributed by atoms with Crippen LogP contribution in [0.15, 0.2) is 27.6 Å². The molecular weight excluding hydrogens is 326 g/mol. The Morgan fingerprint density at radius 3 is 2.61 bits per heavy atom. The molecule has 3 N–H and O–H groups in total. The molecule has 0 amide bonds. The van der Waals surface area contributed by atoms with Gasteiger partial charge >= 0.3 is 5.97 Å². The zero-order chi connectivity index (χ0) is 13.8. The summed E-state index contributed by atoms with van der Waals surface area (Å²) in [6, 6.07) is 3.75. The number of hydrogen-bond donors (Lipinski definition) is 3. The maximum atomic E-state index is 11.9. The number of rotatable bonds is 6. The molecule has 0 aliphatic carbocycles. The lowest BCUT2D eigenvalue weighted by molar-refractivity contribution is 0.0696. The molecule has 6 nitrogen and oxygen atoms in total. The van der Waals surface area contributed by atoms with Crippen LogP contribution >= 0.6 is 15.9 Å². The van der Waals surface area contributed by atoms with Gasteiger partial charge in [0.05, 0.1) is 10.5 Å². The number of aromatic carboxylic acids is 1. The van der Waals surface area contributed by atoms with Crippen molar-refractivity contribution in [1.82, 2.24) is 4.72 Å². The van der Waals surface area contributed by atoms with Crippen LogP contribution in [-0.2, 0) is 10.0 Å². The predicted octanol–water partition coefficient (Wildman–Crippen LogP) is 0.808. The lowest BCUT2D eigenvalue weighted by Gasteiger charge is -2.08. The molecule has 100 valence electrons. The van der Waals surface area contributed by atoms with Crippen molar-refractivity contribution >= 4 is 31.9 Å². The van der Waals surface area contributed by atoms with Crippen LogP contribution in [-0.4, -0.2) is 37.8 Å². The molecule has 18 heavy (non-hydrogen) atoms. The molecule has 0 radical (unpaired) electrons. The van der Waals surface area contributed by atoms with E-state index in [2.05, 4.69) is 20.7 Å². The van der Waals surface area contributed by atoms with Gasteiger partial charge in [-0.1, -0.05) is 0 Å². The van der Waals surface area contributed by atoms with Gasteiger partial charge in [0.15, 0.2) is 0 Å². The van der Waals surface area contributed by atoms with Crippen LogP contribution in [0, 0.1) is 0 Å². The number of aliphatic hydroxyl groups is 1. The Bertz CT molecular complexity index is 543. The second-order valence-electron chi connectivity index (χ2n) is 3.43. The number of aliphatic hydroxyl groups excluding tert-OH is 1. The van der Waals surface area contributed by atoms with Crippen molar-refractivity contribution in [1.29, 1.82) is 0 Å². The lowest BCUT2D eigenvalue weighted by Crippen LogP contribution is -2.26. The largest absolute Gasteiger partial charge is 0.478 e. The topological polar surface area (TPSA) is 104 Å². The smallest absolute Gasteiger partial charge is 0.335 e. The van der Waals surface area contributed by atoms with Crippen LogP contribution in [0.4, 0.5) is 0 Å². The van der Waals surface area contributed by atoms with E-state index >= 15 is 0 Å². The van der Waals surface area contributed by atoms with Crippen LogP contribution in [0.3, 0.4) is 0 Å². The molecule has 0 bridgehead atoms. The third-order valence-electron chi connectivity index (χ3n) is 2.09. The number of sulfonamides is 1. The first-order chi connectivity index (χ1) is 8.38. The van der Waals surface area contributed by atoms with Crippen molar-refractivity contribution in [3.05, 3.63) is 28.2 Å². The first-order valence-corrected chi connectivity index (χ1v) is 7.29. The third kappa shape index (κ3) is 3.77. The summed E-state index contributed by atoms with van der Waals surface area (Å²) in [5.74, 6) is -1.20. The maximum Gasteiger partial charge on any atom is 0.335 e. The number of halogens is 1. The van der Waals surface area contributed by atoms with Gasteiger partial charge in [0, 0.05) is 17.6 Å². The average molecular weight is 338 g/mol. The van der Waals surface area contributed by atoms with Crippen LogP contribution in [0.2, 0.25) is 0 Å². The number of nitrogens with one attached hydrogen (secondary N) is 1. The van der Waals surface area contributed by atoms with E-state index in [0.717, 1.165) is 6.07 Å². The van der Waals surface area contributed by atoms with Gasteiger partial charge in [0.25, 0.3) is 0 Å². The second kappa shape index (κ2) is 6.28. The Balaban J connectivity index is 3.07. The molecule has 1 aromatic rings. The van der Waals surface area contributed by atoms with Gasteiger partial charge in [-0.2, -0.15) is 0 Å². The number of benzene rings is 1. The van der Waals surface area contributed by atoms with E-state index in [1.807, 2.05) is 0 Å². The van der Waals surface area contributed by atoms with Gasteiger partial charge in [0.2, 0.25) is 10.0 Å². The van der Waals surface area contributed by atoms with Gasteiger partial charge < -0.3 is 10.2 Å². The first kappa shape index (κ1) is 15.1. The van der Waals surface area contributed by atoms with Crippen LogP contribution in [0.5, 0.6) is 0 Å². The summed E-state index contributed by atoms with van der Waals surface area (Å²) in [7, 11) is -3.79. The molecule has 1 aromatic carbocycles. The molecule has 0 saturated heterocycles. The van der Waals surface area contributed by atoms with Crippen molar-refractivity contribution in [3.63, 3.8) is 0 Å². The fourth-order valence-corrected chi connectivity index (χ4v) is 3.27. The highest BCUT2D eigenvalue weighted by Gasteiger charge is 2.19. The van der Waals surface area contributed by atoms with E-state index in [1.54, 1.807) is 0 Å². The molecule has 0 saturated carbocycles. The Hall–Kier alpha value is -0.960. The summed E-state index contributed by atoms with van der Waals surface area (Å²) in [6.07, 6.45) is 0.287. The Morgan fingerprint density at radius 2 is 2.06 bits per heavy atom. The Morgan fingerprint density at radius 1 is 1.39 bits per heavy atom. The number of carboxylic acids is 1. The van der Waals surface area contributed by atoms with Gasteiger partial charge in [-0.3, -0.25) is 0 Å². The molecular formula is C10H12BrNO5S. The first-order valence-electron chi connectivity index (χ1n) is 5.02. The quantitative estimate of drug-likeness (QED) is 0.666. The van der Waals surface area contributed by atoms with Crippen molar-refractivity contribution < 1.29 is 23.4 Å². The fraction of sp³-hybridized carbons (Fsp3) is 0.300. The second-order valence-corrected chi connectivity index (χ2v) is 6.02. The van der Waals surface area contributed by atoms with Crippen molar-refractivity contribution in [2.75, 3.05) is 13.2 Å². The number of hydrogen-bond acceptors (Lipinski definition) is 4. The van der Waals surface area contributed by atoms with Gasteiger partial charge in [-0.05, 0) is 40.5 Å². The van der Waals surface area contributed by atoms with E-state index in [-0.39, 0.29) is 34.5 Å². The number of carboxylic acid groups (broad SMARTS) is 1. The van der Waals surface area contributed by atoms with Crippen molar-refractivity contribution in [2.45, 2.75) is 11.3 Å². The average Bonchev–Trinajstić information content (AvgIpc) is 2.29. The molecule has 8 heteroatoms. The Kier molecular flexibility index (Phi) is 5.27. The summed E-state index contributed by atoms with van der Waals surface area (Å²) in [4.78, 5) is 10.6. The van der Waals surface area contributed by atoms with Gasteiger partial charge in [0.1, 0.15) is 0 Å². The SMILES string of the molecule is O=C(O)c1ccc(Br)c(S(=O)(=O)NCCCO)c1. The van der Waals surface area contributed by atoms with Crippen molar-refractivity contribution in [3.8, 4) is 0 Å². The molecule has 1 rings (SSSR count). The molecule has 0 aliphatic rings. The standard InChI is InChI=1S/C10H12BrNO5S/c11-8-3-2-7(10(14)15)6-9(8)18(16,17)12-4-1-5-13/h2-3,6,12-13H,1,4-5H2,(H,14,15). The van der Waals surface area contributed by atoms with E-state index in [1.165, 1.54) is 12.1 Å². The number of carbonyl (C=O) groups is 1. The highest BCUT2D eigenvalue weighted by Crippen LogP contribution is 2.23. The minimum absolute atomic E-state index is 0.0859. The van der Waals surface area contributed by atoms with E-state index in [9.17, 15) is 13.2 Å². The molecule has 0 aliphatic heterocycles. The Labute approximate surface area is 113 Å². The van der Waals surface area contributed by atoms with Crippen LogP contribution in [0.25, 0.3) is 0 Å². The van der Waals surface area contributed by atoms with Crippen LogP contribution in [0.1, 0.15) is 16.8 Å². The molecule has 0 fully saturated rings. The van der Waals surface area contributed by atoms with E-state index < -0.39 is 16.0 Å². The normalized spacial score (nSPS) is 11.4. The van der Waals surface area contributed by atoms with Crippen LogP contribution < -0.4 is 4.72 Å². The summed E-state index contributed by atoms with van der Waals surface area (Å²) in [6.45, 7) is -0.0403. The predicted molar refractivity (Wildman–Crippen MR) is 68.0 cm³/mol. The fourth-order valence-electron chi connectivity index (χ4n) is 1.21. The highest BCUT2D eigenvalue weighted by molar-refractivity contribution is 9.10. The summed E-state index contributed by atoms with van der Waals surface area (Å²) in [5.41, 5.74) is -0.110. The maximum absolute atomic E-state index is 11.9.